The fourth-order valence-corrected chi connectivity index (χ4v) is 4.30. The summed E-state index contributed by atoms with van der Waals surface area (Å²) in [6.45, 7) is 0. The Kier molecular flexibility index (Phi) is 4.47. The number of carbonyl (C=O) groups excluding carboxylic acids is 1. The number of hydrogen-bond acceptors (Lipinski definition) is 4. The number of amides is 1. The third-order valence-electron chi connectivity index (χ3n) is 4.95. The molecule has 0 spiro atoms. The zero-order valence-electron chi connectivity index (χ0n) is 14.8. The molecule has 0 saturated heterocycles. The summed E-state index contributed by atoms with van der Waals surface area (Å²) < 4.78 is 5.19. The Morgan fingerprint density at radius 3 is 2.73 bits per heavy atom. The van der Waals surface area contributed by atoms with E-state index in [-0.39, 0.29) is 11.9 Å². The summed E-state index contributed by atoms with van der Waals surface area (Å²) >= 11 is 1.49. The molecule has 1 aliphatic rings. The molecule has 1 atom stereocenters. The first kappa shape index (κ1) is 16.8. The fourth-order valence-electron chi connectivity index (χ4n) is 3.50. The van der Waals surface area contributed by atoms with Gasteiger partial charge in [-0.25, -0.2) is 4.98 Å². The lowest BCUT2D eigenvalue weighted by Crippen LogP contribution is -2.30. The van der Waals surface area contributed by atoms with Crippen LogP contribution in [-0.4, -0.2) is 29.9 Å². The van der Waals surface area contributed by atoms with Crippen molar-refractivity contribution in [2.24, 2.45) is 0 Å². The number of aryl methyl sites for hydroxylation is 1. The lowest BCUT2D eigenvalue weighted by molar-refractivity contribution is 0.0725. The average Bonchev–Trinajstić information content (AvgIpc) is 3.34. The Bertz CT molecular complexity index is 933. The van der Waals surface area contributed by atoms with Gasteiger partial charge in [0.1, 0.15) is 16.5 Å². The first-order valence-corrected chi connectivity index (χ1v) is 9.50. The van der Waals surface area contributed by atoms with Crippen LogP contribution in [0.25, 0.3) is 10.6 Å². The van der Waals surface area contributed by atoms with E-state index in [1.807, 2.05) is 47.7 Å². The standard InChI is InChI=1S/C21H20N2O2S/c1-23(19-12-9-14-5-3-4-6-17(14)19)21(24)18-13-26-20(22-18)15-7-10-16(25-2)11-8-15/h3-8,10-11,13,19H,9,12H2,1-2H3. The van der Waals surface area contributed by atoms with E-state index in [9.17, 15) is 4.79 Å². The van der Waals surface area contributed by atoms with Gasteiger partial charge in [0.15, 0.2) is 0 Å². The average molecular weight is 364 g/mol. The van der Waals surface area contributed by atoms with Crippen LogP contribution in [0.15, 0.2) is 53.9 Å². The highest BCUT2D eigenvalue weighted by Crippen LogP contribution is 2.36. The lowest BCUT2D eigenvalue weighted by atomic mass is 10.1. The van der Waals surface area contributed by atoms with Gasteiger partial charge in [-0.1, -0.05) is 24.3 Å². The van der Waals surface area contributed by atoms with Gasteiger partial charge in [-0.05, 0) is 48.2 Å². The molecule has 0 fully saturated rings. The van der Waals surface area contributed by atoms with Crippen molar-refractivity contribution in [1.29, 1.82) is 0 Å². The molecule has 0 N–H and O–H groups in total. The van der Waals surface area contributed by atoms with Crippen LogP contribution in [0.4, 0.5) is 0 Å². The molecule has 2 aromatic carbocycles. The normalized spacial score (nSPS) is 15.5. The van der Waals surface area contributed by atoms with E-state index >= 15 is 0 Å². The topological polar surface area (TPSA) is 42.4 Å². The molecule has 1 unspecified atom stereocenters. The highest BCUT2D eigenvalue weighted by molar-refractivity contribution is 7.13. The van der Waals surface area contributed by atoms with Crippen molar-refractivity contribution in [3.8, 4) is 16.3 Å². The van der Waals surface area contributed by atoms with E-state index in [0.717, 1.165) is 29.2 Å². The molecule has 1 aromatic heterocycles. The molecule has 5 heteroatoms. The van der Waals surface area contributed by atoms with Gasteiger partial charge in [0.2, 0.25) is 0 Å². The maximum absolute atomic E-state index is 12.9. The minimum atomic E-state index is -0.0253. The largest absolute Gasteiger partial charge is 0.497 e. The predicted molar refractivity (Wildman–Crippen MR) is 104 cm³/mol. The summed E-state index contributed by atoms with van der Waals surface area (Å²) in [6.07, 6.45) is 1.99. The maximum atomic E-state index is 12.9. The molecule has 1 aliphatic carbocycles. The Balaban J connectivity index is 1.54. The van der Waals surface area contributed by atoms with E-state index in [1.54, 1.807) is 7.11 Å². The third-order valence-corrected chi connectivity index (χ3v) is 5.84. The zero-order chi connectivity index (χ0) is 18.1. The van der Waals surface area contributed by atoms with Gasteiger partial charge < -0.3 is 9.64 Å². The number of hydrogen-bond donors (Lipinski definition) is 0. The monoisotopic (exact) mass is 364 g/mol. The maximum Gasteiger partial charge on any atom is 0.273 e. The van der Waals surface area contributed by atoms with Crippen molar-refractivity contribution in [2.45, 2.75) is 18.9 Å². The van der Waals surface area contributed by atoms with Gasteiger partial charge in [-0.2, -0.15) is 0 Å². The molecule has 4 rings (SSSR count). The number of benzene rings is 2. The van der Waals surface area contributed by atoms with Crippen LogP contribution in [0.5, 0.6) is 5.75 Å². The van der Waals surface area contributed by atoms with Crippen molar-refractivity contribution < 1.29 is 9.53 Å². The van der Waals surface area contributed by atoms with Crippen LogP contribution in [0.3, 0.4) is 0 Å². The molecule has 0 saturated carbocycles. The van der Waals surface area contributed by atoms with Crippen LogP contribution in [-0.2, 0) is 6.42 Å². The molecule has 4 nitrogen and oxygen atoms in total. The van der Waals surface area contributed by atoms with Gasteiger partial charge in [0.05, 0.1) is 13.2 Å². The third kappa shape index (κ3) is 2.99. The number of fused-ring (bicyclic) bond motifs is 1. The van der Waals surface area contributed by atoms with Gasteiger partial charge in [0.25, 0.3) is 5.91 Å². The first-order chi connectivity index (χ1) is 12.7. The highest BCUT2D eigenvalue weighted by atomic mass is 32.1. The van der Waals surface area contributed by atoms with E-state index in [4.69, 9.17) is 4.74 Å². The molecule has 3 aromatic rings. The molecule has 0 radical (unpaired) electrons. The summed E-state index contributed by atoms with van der Waals surface area (Å²) in [5.41, 5.74) is 4.10. The van der Waals surface area contributed by atoms with Crippen LogP contribution in [0.2, 0.25) is 0 Å². The number of thiazole rings is 1. The second-order valence-electron chi connectivity index (χ2n) is 6.44. The Hall–Kier alpha value is -2.66. The summed E-state index contributed by atoms with van der Waals surface area (Å²) in [7, 11) is 3.52. The predicted octanol–water partition coefficient (Wildman–Crippen LogP) is 4.58. The van der Waals surface area contributed by atoms with Gasteiger partial charge >= 0.3 is 0 Å². The van der Waals surface area contributed by atoms with Crippen molar-refractivity contribution >= 4 is 17.2 Å². The van der Waals surface area contributed by atoms with E-state index in [0.29, 0.717) is 5.69 Å². The molecule has 1 heterocycles. The smallest absolute Gasteiger partial charge is 0.273 e. The molecular weight excluding hydrogens is 344 g/mol. The second-order valence-corrected chi connectivity index (χ2v) is 7.29. The van der Waals surface area contributed by atoms with E-state index in [1.165, 1.54) is 22.5 Å². The Labute approximate surface area is 157 Å². The fraction of sp³-hybridized carbons (Fsp3) is 0.238. The minimum absolute atomic E-state index is 0.0253. The number of ether oxygens (including phenoxy) is 1. The molecule has 0 bridgehead atoms. The van der Waals surface area contributed by atoms with E-state index in [2.05, 4.69) is 23.2 Å². The SMILES string of the molecule is COc1ccc(-c2nc(C(=O)N(C)C3CCc4ccccc43)cs2)cc1. The first-order valence-electron chi connectivity index (χ1n) is 8.62. The molecule has 26 heavy (non-hydrogen) atoms. The number of aromatic nitrogens is 1. The van der Waals surface area contributed by atoms with Gasteiger partial charge in [-0.3, -0.25) is 4.79 Å². The molecule has 0 aliphatic heterocycles. The quantitative estimate of drug-likeness (QED) is 0.681. The Morgan fingerprint density at radius 1 is 1.19 bits per heavy atom. The molecular formula is C21H20N2O2S. The summed E-state index contributed by atoms with van der Waals surface area (Å²) in [4.78, 5) is 19.3. The second kappa shape index (κ2) is 6.92. The number of carbonyl (C=O) groups is 1. The van der Waals surface area contributed by atoms with Crippen molar-refractivity contribution in [1.82, 2.24) is 9.88 Å². The molecule has 1 amide bonds. The zero-order valence-corrected chi connectivity index (χ0v) is 15.6. The minimum Gasteiger partial charge on any atom is -0.497 e. The molecule has 132 valence electrons. The van der Waals surface area contributed by atoms with Gasteiger partial charge in [-0.15, -0.1) is 11.3 Å². The lowest BCUT2D eigenvalue weighted by Gasteiger charge is -2.24. The number of nitrogens with zero attached hydrogens (tertiary/aromatic N) is 2. The van der Waals surface area contributed by atoms with E-state index < -0.39 is 0 Å². The number of rotatable bonds is 4. The summed E-state index contributed by atoms with van der Waals surface area (Å²) in [5.74, 6) is 0.781. The van der Waals surface area contributed by atoms with Crippen LogP contribution in [0.1, 0.15) is 34.1 Å². The van der Waals surface area contributed by atoms with Crippen LogP contribution in [0, 0.1) is 0 Å². The Morgan fingerprint density at radius 2 is 1.96 bits per heavy atom. The summed E-state index contributed by atoms with van der Waals surface area (Å²) in [6, 6.07) is 16.2. The number of methoxy groups -OCH3 is 1. The summed E-state index contributed by atoms with van der Waals surface area (Å²) in [5, 5.41) is 2.69. The van der Waals surface area contributed by atoms with Crippen LogP contribution < -0.4 is 4.74 Å². The highest BCUT2D eigenvalue weighted by Gasteiger charge is 2.29. The van der Waals surface area contributed by atoms with Crippen LogP contribution >= 0.6 is 11.3 Å². The van der Waals surface area contributed by atoms with Crippen molar-refractivity contribution in [3.63, 3.8) is 0 Å². The van der Waals surface area contributed by atoms with Crippen molar-refractivity contribution in [2.75, 3.05) is 14.2 Å². The van der Waals surface area contributed by atoms with Gasteiger partial charge in [0, 0.05) is 18.0 Å². The van der Waals surface area contributed by atoms with Crippen molar-refractivity contribution in [3.05, 3.63) is 70.7 Å².